The van der Waals surface area contributed by atoms with Crippen LogP contribution in [-0.2, 0) is 4.79 Å². The van der Waals surface area contributed by atoms with E-state index in [-0.39, 0.29) is 0 Å². The molecule has 0 bridgehead atoms. The second-order valence-corrected chi connectivity index (χ2v) is 6.30. The van der Waals surface area contributed by atoms with E-state index in [2.05, 4.69) is 39.8 Å². The monoisotopic (exact) mass is 270 g/mol. The molecule has 0 aromatic heterocycles. The van der Waals surface area contributed by atoms with Crippen LogP contribution in [0.15, 0.2) is 34.3 Å². The predicted molar refractivity (Wildman–Crippen MR) is 82.8 cm³/mol. The molecular weight excluding hydrogens is 248 g/mol. The van der Waals surface area contributed by atoms with Crippen LogP contribution in [0.5, 0.6) is 0 Å². The molecule has 0 unspecified atom stereocenters. The van der Waals surface area contributed by atoms with E-state index in [9.17, 15) is 4.79 Å². The van der Waals surface area contributed by atoms with Gasteiger partial charge in [0.25, 0.3) is 0 Å². The SMILES string of the molecule is CC(C)=CCSCC=C(C=O)SCC=C(C)C. The fourth-order valence-corrected chi connectivity index (χ4v) is 2.75. The largest absolute Gasteiger partial charge is 0.297 e. The second kappa shape index (κ2) is 10.7. The zero-order valence-electron chi connectivity index (χ0n) is 11.2. The van der Waals surface area contributed by atoms with Gasteiger partial charge in [-0.1, -0.05) is 29.4 Å². The van der Waals surface area contributed by atoms with Crippen molar-refractivity contribution in [3.8, 4) is 0 Å². The van der Waals surface area contributed by atoms with Gasteiger partial charge in [-0.2, -0.15) is 11.8 Å². The molecular formula is C14H22OS2. The molecule has 0 rings (SSSR count). The lowest BCUT2D eigenvalue weighted by atomic mass is 10.3. The standard InChI is InChI=1S/C14H22OS2/c1-12(2)5-8-16-9-7-14(11-15)17-10-6-13(3)4/h5-7,11H,8-10H2,1-4H3. The van der Waals surface area contributed by atoms with Gasteiger partial charge in [-0.3, -0.25) is 4.79 Å². The van der Waals surface area contributed by atoms with Crippen LogP contribution < -0.4 is 0 Å². The van der Waals surface area contributed by atoms with Gasteiger partial charge in [0.05, 0.1) is 0 Å². The Hall–Kier alpha value is -0.410. The average Bonchev–Trinajstić information content (AvgIpc) is 2.25. The summed E-state index contributed by atoms with van der Waals surface area (Å²) in [6, 6.07) is 0. The Kier molecular flexibility index (Phi) is 10.5. The number of carbonyl (C=O) groups excluding carboxylic acids is 1. The minimum absolute atomic E-state index is 0.840. The number of aldehydes is 1. The molecule has 0 aromatic carbocycles. The molecule has 0 spiro atoms. The van der Waals surface area contributed by atoms with Crippen molar-refractivity contribution < 1.29 is 4.79 Å². The number of hydrogen-bond donors (Lipinski definition) is 0. The molecule has 0 aliphatic rings. The van der Waals surface area contributed by atoms with E-state index in [1.807, 2.05) is 17.8 Å². The third-order valence-electron chi connectivity index (χ3n) is 1.87. The molecule has 0 saturated heterocycles. The molecule has 0 aliphatic carbocycles. The topological polar surface area (TPSA) is 17.1 Å². The number of thioether (sulfide) groups is 2. The van der Waals surface area contributed by atoms with Gasteiger partial charge in [0.15, 0.2) is 6.29 Å². The molecule has 0 heterocycles. The summed E-state index contributed by atoms with van der Waals surface area (Å²) in [6.07, 6.45) is 7.30. The number of hydrogen-bond acceptors (Lipinski definition) is 3. The number of allylic oxidation sites excluding steroid dienone is 3. The molecule has 0 aliphatic heterocycles. The zero-order valence-corrected chi connectivity index (χ0v) is 12.8. The molecule has 0 fully saturated rings. The molecule has 0 saturated carbocycles. The quantitative estimate of drug-likeness (QED) is 0.280. The van der Waals surface area contributed by atoms with Crippen LogP contribution in [0.25, 0.3) is 0 Å². The fourth-order valence-electron chi connectivity index (χ4n) is 0.880. The first-order valence-corrected chi connectivity index (χ1v) is 7.83. The van der Waals surface area contributed by atoms with Crippen molar-refractivity contribution >= 4 is 29.8 Å². The normalized spacial score (nSPS) is 10.9. The van der Waals surface area contributed by atoms with Gasteiger partial charge in [0.1, 0.15) is 0 Å². The highest BCUT2D eigenvalue weighted by Crippen LogP contribution is 2.15. The summed E-state index contributed by atoms with van der Waals surface area (Å²) in [5.41, 5.74) is 2.63. The van der Waals surface area contributed by atoms with Crippen LogP contribution in [0.1, 0.15) is 27.7 Å². The first kappa shape index (κ1) is 16.6. The third kappa shape index (κ3) is 11.8. The second-order valence-electron chi connectivity index (χ2n) is 4.14. The van der Waals surface area contributed by atoms with Crippen LogP contribution in [-0.4, -0.2) is 23.5 Å². The maximum absolute atomic E-state index is 10.8. The molecule has 0 amide bonds. The Balaban J connectivity index is 3.89. The van der Waals surface area contributed by atoms with Crippen LogP contribution in [0.3, 0.4) is 0 Å². The Labute approximate surface area is 114 Å². The van der Waals surface area contributed by atoms with Crippen LogP contribution >= 0.6 is 23.5 Å². The molecule has 0 radical (unpaired) electrons. The van der Waals surface area contributed by atoms with Crippen LogP contribution in [0.4, 0.5) is 0 Å². The van der Waals surface area contributed by atoms with Gasteiger partial charge >= 0.3 is 0 Å². The highest BCUT2D eigenvalue weighted by Gasteiger charge is 1.94. The first-order chi connectivity index (χ1) is 8.06. The van der Waals surface area contributed by atoms with Crippen LogP contribution in [0, 0.1) is 0 Å². The fraction of sp³-hybridized carbons (Fsp3) is 0.500. The highest BCUT2D eigenvalue weighted by atomic mass is 32.2. The lowest BCUT2D eigenvalue weighted by Crippen LogP contribution is -1.84. The summed E-state index contributed by atoms with van der Waals surface area (Å²) >= 11 is 3.43. The van der Waals surface area contributed by atoms with E-state index >= 15 is 0 Å². The number of carbonyl (C=O) groups is 1. The maximum Gasteiger partial charge on any atom is 0.156 e. The average molecular weight is 270 g/mol. The highest BCUT2D eigenvalue weighted by molar-refractivity contribution is 8.04. The van der Waals surface area contributed by atoms with Crippen molar-refractivity contribution in [2.24, 2.45) is 0 Å². The summed E-state index contributed by atoms with van der Waals surface area (Å²) in [6.45, 7) is 8.34. The van der Waals surface area contributed by atoms with E-state index in [4.69, 9.17) is 0 Å². The van der Waals surface area contributed by atoms with Gasteiger partial charge in [0, 0.05) is 22.2 Å². The molecule has 0 N–H and O–H groups in total. The van der Waals surface area contributed by atoms with Crippen molar-refractivity contribution in [3.63, 3.8) is 0 Å². The molecule has 3 heteroatoms. The van der Waals surface area contributed by atoms with Gasteiger partial charge in [0.2, 0.25) is 0 Å². The van der Waals surface area contributed by atoms with E-state index in [0.29, 0.717) is 0 Å². The van der Waals surface area contributed by atoms with E-state index in [0.717, 1.165) is 28.4 Å². The van der Waals surface area contributed by atoms with Crippen LogP contribution in [0.2, 0.25) is 0 Å². The first-order valence-electron chi connectivity index (χ1n) is 5.69. The van der Waals surface area contributed by atoms with E-state index < -0.39 is 0 Å². The molecule has 96 valence electrons. The summed E-state index contributed by atoms with van der Waals surface area (Å²) in [7, 11) is 0. The molecule has 0 atom stereocenters. The van der Waals surface area contributed by atoms with Gasteiger partial charge in [-0.05, 0) is 27.7 Å². The minimum Gasteiger partial charge on any atom is -0.297 e. The smallest absolute Gasteiger partial charge is 0.156 e. The molecule has 0 aromatic rings. The van der Waals surface area contributed by atoms with Gasteiger partial charge in [-0.25, -0.2) is 0 Å². The lowest BCUT2D eigenvalue weighted by molar-refractivity contribution is -0.104. The maximum atomic E-state index is 10.8. The Morgan fingerprint density at radius 3 is 1.94 bits per heavy atom. The predicted octanol–water partition coefficient (Wildman–Crippen LogP) is 4.47. The van der Waals surface area contributed by atoms with Crippen molar-refractivity contribution in [1.82, 2.24) is 0 Å². The molecule has 1 nitrogen and oxygen atoms in total. The van der Waals surface area contributed by atoms with Crippen molar-refractivity contribution in [2.75, 3.05) is 17.3 Å². The minimum atomic E-state index is 0.840. The summed E-state index contributed by atoms with van der Waals surface area (Å²) in [5, 5.41) is 0. The Morgan fingerprint density at radius 2 is 1.41 bits per heavy atom. The van der Waals surface area contributed by atoms with Crippen molar-refractivity contribution in [2.45, 2.75) is 27.7 Å². The van der Waals surface area contributed by atoms with Gasteiger partial charge in [-0.15, -0.1) is 11.8 Å². The summed E-state index contributed by atoms with van der Waals surface area (Å²) < 4.78 is 0. The van der Waals surface area contributed by atoms with Crippen molar-refractivity contribution in [1.29, 1.82) is 0 Å². The van der Waals surface area contributed by atoms with E-state index in [1.54, 1.807) is 11.8 Å². The Morgan fingerprint density at radius 1 is 0.882 bits per heavy atom. The summed E-state index contributed by atoms with van der Waals surface area (Å²) in [4.78, 5) is 11.7. The van der Waals surface area contributed by atoms with E-state index in [1.165, 1.54) is 11.1 Å². The lowest BCUT2D eigenvalue weighted by Gasteiger charge is -1.98. The summed E-state index contributed by atoms with van der Waals surface area (Å²) in [5.74, 6) is 2.80. The zero-order chi connectivity index (χ0) is 13.1. The third-order valence-corrected chi connectivity index (χ3v) is 3.60. The number of rotatable bonds is 8. The van der Waals surface area contributed by atoms with Crippen molar-refractivity contribution in [3.05, 3.63) is 34.3 Å². The Bertz CT molecular complexity index is 306. The van der Waals surface area contributed by atoms with Gasteiger partial charge < -0.3 is 0 Å². The molecule has 17 heavy (non-hydrogen) atoms.